The Morgan fingerprint density at radius 1 is 1.25 bits per heavy atom. The molecule has 0 aliphatic heterocycles. The Balaban J connectivity index is 2.26. The Labute approximate surface area is 162 Å². The summed E-state index contributed by atoms with van der Waals surface area (Å²) < 4.78 is 27.2. The number of likely N-dealkylation sites (N-methyl/N-ethyl adjacent to an activating group) is 1. The lowest BCUT2D eigenvalue weighted by atomic mass is 9.96. The zero-order chi connectivity index (χ0) is 20.7. The zero-order valence-electron chi connectivity index (χ0n) is 16.2. The second kappa shape index (κ2) is 9.91. The topological polar surface area (TPSA) is 72.0 Å². The van der Waals surface area contributed by atoms with Crippen LogP contribution in [-0.4, -0.2) is 25.8 Å². The Hall–Kier alpha value is -2.84. The summed E-state index contributed by atoms with van der Waals surface area (Å²) in [5.41, 5.74) is 5.16. The number of halogens is 2. The first-order valence-corrected chi connectivity index (χ1v) is 8.59. The second-order valence-corrected chi connectivity index (χ2v) is 6.09. The predicted octanol–water partition coefficient (Wildman–Crippen LogP) is 3.15. The van der Waals surface area contributed by atoms with Gasteiger partial charge in [-0.2, -0.15) is 5.48 Å². The number of hydrogen-bond donors (Lipinski definition) is 2. The highest BCUT2D eigenvalue weighted by Gasteiger charge is 2.23. The molecule has 2 N–H and O–H groups in total. The molecule has 6 nitrogen and oxygen atoms in total. The smallest absolute Gasteiger partial charge is 0.243 e. The van der Waals surface area contributed by atoms with Crippen molar-refractivity contribution in [3.8, 4) is 0 Å². The number of hydrogen-bond acceptors (Lipinski definition) is 5. The molecule has 0 aliphatic carbocycles. The molecule has 150 valence electrons. The van der Waals surface area contributed by atoms with Crippen LogP contribution in [0.3, 0.4) is 0 Å². The normalized spacial score (nSPS) is 12.6. The number of amides is 1. The summed E-state index contributed by atoms with van der Waals surface area (Å²) in [7, 11) is 2.95. The highest BCUT2D eigenvalue weighted by Crippen LogP contribution is 2.23. The molecule has 0 heterocycles. The lowest BCUT2D eigenvalue weighted by Gasteiger charge is -2.20. The number of rotatable bonds is 8. The van der Waals surface area contributed by atoms with Gasteiger partial charge in [0.2, 0.25) is 5.91 Å². The van der Waals surface area contributed by atoms with E-state index in [1.165, 1.54) is 21.1 Å². The molecule has 0 spiro atoms. The quantitative estimate of drug-likeness (QED) is 0.536. The average molecular weight is 391 g/mol. The number of aryl methyl sites for hydroxylation is 1. The van der Waals surface area contributed by atoms with Crippen molar-refractivity contribution in [3.05, 3.63) is 70.3 Å². The molecule has 1 unspecified atom stereocenters. The third-order valence-corrected chi connectivity index (χ3v) is 4.23. The summed E-state index contributed by atoms with van der Waals surface area (Å²) >= 11 is 0. The SMILES string of the molecule is CNC(=O)C(NOC)c1cccc(C)c1CO/N=C(\C)c1cc(F)ccc1F. The minimum atomic E-state index is -0.751. The first kappa shape index (κ1) is 21.5. The van der Waals surface area contributed by atoms with Gasteiger partial charge in [-0.3, -0.25) is 4.79 Å². The standard InChI is InChI=1S/C20H23F2N3O3/c1-12-6-5-7-15(19(25-27-4)20(26)23-3)17(12)11-28-24-13(2)16-10-14(21)8-9-18(16)22/h5-10,19,25H,11H2,1-4H3,(H,23,26)/b24-13+. The summed E-state index contributed by atoms with van der Waals surface area (Å²) in [5.74, 6) is -1.44. The van der Waals surface area contributed by atoms with Gasteiger partial charge >= 0.3 is 0 Å². The third kappa shape index (κ3) is 5.11. The number of carbonyl (C=O) groups is 1. The minimum absolute atomic E-state index is 0.0225. The van der Waals surface area contributed by atoms with Crippen LogP contribution >= 0.6 is 0 Å². The van der Waals surface area contributed by atoms with Gasteiger partial charge in [-0.1, -0.05) is 23.4 Å². The van der Waals surface area contributed by atoms with Gasteiger partial charge in [-0.05, 0) is 43.2 Å². The first-order valence-electron chi connectivity index (χ1n) is 8.59. The van der Waals surface area contributed by atoms with Crippen LogP contribution in [0.1, 0.15) is 35.2 Å². The number of oxime groups is 1. The van der Waals surface area contributed by atoms with Gasteiger partial charge in [0.15, 0.2) is 0 Å². The van der Waals surface area contributed by atoms with Gasteiger partial charge in [-0.25, -0.2) is 8.78 Å². The number of hydroxylamine groups is 1. The van der Waals surface area contributed by atoms with E-state index in [2.05, 4.69) is 16.0 Å². The van der Waals surface area contributed by atoms with Crippen LogP contribution in [0.5, 0.6) is 0 Å². The molecule has 0 saturated heterocycles. The van der Waals surface area contributed by atoms with Gasteiger partial charge in [0, 0.05) is 18.2 Å². The molecule has 0 fully saturated rings. The van der Waals surface area contributed by atoms with Gasteiger partial charge in [-0.15, -0.1) is 0 Å². The molecule has 0 bridgehead atoms. The molecule has 0 saturated carbocycles. The number of carbonyl (C=O) groups excluding carboxylic acids is 1. The summed E-state index contributed by atoms with van der Waals surface area (Å²) in [6, 6.07) is 7.85. The van der Waals surface area contributed by atoms with Crippen LogP contribution in [0.15, 0.2) is 41.6 Å². The molecule has 8 heteroatoms. The maximum absolute atomic E-state index is 13.8. The molecule has 1 amide bonds. The van der Waals surface area contributed by atoms with E-state index in [-0.39, 0.29) is 23.8 Å². The summed E-state index contributed by atoms with van der Waals surface area (Å²) in [6.07, 6.45) is 0. The van der Waals surface area contributed by atoms with Gasteiger partial charge in [0.25, 0.3) is 0 Å². The predicted molar refractivity (Wildman–Crippen MR) is 101 cm³/mol. The van der Waals surface area contributed by atoms with Crippen LogP contribution < -0.4 is 10.8 Å². The second-order valence-electron chi connectivity index (χ2n) is 6.09. The van der Waals surface area contributed by atoms with E-state index in [9.17, 15) is 13.6 Å². The van der Waals surface area contributed by atoms with Crippen LogP contribution in [0.2, 0.25) is 0 Å². The third-order valence-electron chi connectivity index (χ3n) is 4.23. The summed E-state index contributed by atoms with van der Waals surface area (Å²) in [6.45, 7) is 3.43. The molecule has 2 rings (SSSR count). The van der Waals surface area contributed by atoms with Crippen LogP contribution in [0, 0.1) is 18.6 Å². The lowest BCUT2D eigenvalue weighted by Crippen LogP contribution is -2.36. The van der Waals surface area contributed by atoms with Crippen LogP contribution in [0.4, 0.5) is 8.78 Å². The monoisotopic (exact) mass is 391 g/mol. The van der Waals surface area contributed by atoms with E-state index in [1.54, 1.807) is 6.07 Å². The van der Waals surface area contributed by atoms with Crippen molar-refractivity contribution >= 4 is 11.6 Å². The number of nitrogens with zero attached hydrogens (tertiary/aromatic N) is 1. The average Bonchev–Trinajstić information content (AvgIpc) is 2.68. The molecule has 28 heavy (non-hydrogen) atoms. The highest BCUT2D eigenvalue weighted by atomic mass is 19.1. The molecule has 0 radical (unpaired) electrons. The number of nitrogens with one attached hydrogen (secondary N) is 2. The minimum Gasteiger partial charge on any atom is -0.391 e. The van der Waals surface area contributed by atoms with E-state index < -0.39 is 17.7 Å². The van der Waals surface area contributed by atoms with E-state index >= 15 is 0 Å². The Kier molecular flexibility index (Phi) is 7.60. The van der Waals surface area contributed by atoms with Gasteiger partial charge in [0.1, 0.15) is 24.3 Å². The van der Waals surface area contributed by atoms with Crippen molar-refractivity contribution in [3.63, 3.8) is 0 Å². The molecule has 0 aliphatic rings. The van der Waals surface area contributed by atoms with E-state index in [1.807, 2.05) is 19.1 Å². The Morgan fingerprint density at radius 2 is 2.00 bits per heavy atom. The largest absolute Gasteiger partial charge is 0.391 e. The summed E-state index contributed by atoms with van der Waals surface area (Å²) in [5, 5.41) is 6.48. The molecular formula is C20H23F2N3O3. The molecule has 0 aromatic heterocycles. The van der Waals surface area contributed by atoms with Crippen molar-refractivity contribution in [1.82, 2.24) is 10.8 Å². The van der Waals surface area contributed by atoms with E-state index in [0.717, 1.165) is 29.3 Å². The van der Waals surface area contributed by atoms with Crippen molar-refractivity contribution in [2.75, 3.05) is 14.2 Å². The zero-order valence-corrected chi connectivity index (χ0v) is 16.2. The number of benzene rings is 2. The molecule has 1 atom stereocenters. The van der Waals surface area contributed by atoms with Crippen molar-refractivity contribution < 1.29 is 23.3 Å². The fraction of sp³-hybridized carbons (Fsp3) is 0.300. The van der Waals surface area contributed by atoms with Crippen molar-refractivity contribution in [2.45, 2.75) is 26.5 Å². The van der Waals surface area contributed by atoms with Crippen molar-refractivity contribution in [2.24, 2.45) is 5.16 Å². The molecule has 2 aromatic carbocycles. The van der Waals surface area contributed by atoms with Crippen molar-refractivity contribution in [1.29, 1.82) is 0 Å². The van der Waals surface area contributed by atoms with Crippen LogP contribution in [0.25, 0.3) is 0 Å². The van der Waals surface area contributed by atoms with E-state index in [4.69, 9.17) is 9.68 Å². The highest BCUT2D eigenvalue weighted by molar-refractivity contribution is 5.98. The first-order chi connectivity index (χ1) is 13.4. The molecule has 2 aromatic rings. The molecular weight excluding hydrogens is 368 g/mol. The maximum Gasteiger partial charge on any atom is 0.243 e. The van der Waals surface area contributed by atoms with Crippen LogP contribution in [-0.2, 0) is 21.1 Å². The van der Waals surface area contributed by atoms with Gasteiger partial charge in [0.05, 0.1) is 12.8 Å². The summed E-state index contributed by atoms with van der Waals surface area (Å²) in [4.78, 5) is 22.5. The fourth-order valence-corrected chi connectivity index (χ4v) is 2.73. The van der Waals surface area contributed by atoms with Gasteiger partial charge < -0.3 is 15.0 Å². The maximum atomic E-state index is 13.8. The Bertz CT molecular complexity index is 872. The van der Waals surface area contributed by atoms with E-state index in [0.29, 0.717) is 5.56 Å². The lowest BCUT2D eigenvalue weighted by molar-refractivity contribution is -0.126. The fourth-order valence-electron chi connectivity index (χ4n) is 2.73. The Morgan fingerprint density at radius 3 is 2.68 bits per heavy atom.